The van der Waals surface area contributed by atoms with Gasteiger partial charge in [0.1, 0.15) is 18.5 Å². The van der Waals surface area contributed by atoms with Gasteiger partial charge in [0.2, 0.25) is 11.9 Å². The minimum absolute atomic E-state index is 0.0430. The average Bonchev–Trinajstić information content (AvgIpc) is 3.61. The molecule has 1 aromatic heterocycles. The van der Waals surface area contributed by atoms with E-state index in [4.69, 9.17) is 11.6 Å². The van der Waals surface area contributed by atoms with Crippen molar-refractivity contribution in [2.24, 2.45) is 5.92 Å². The fourth-order valence-electron chi connectivity index (χ4n) is 3.18. The van der Waals surface area contributed by atoms with Crippen molar-refractivity contribution >= 4 is 29.4 Å². The quantitative estimate of drug-likeness (QED) is 0.742. The molecule has 9 heteroatoms. The fraction of sp³-hybridized carbons (Fsp3) is 0.400. The molecule has 1 N–H and O–H groups in total. The summed E-state index contributed by atoms with van der Waals surface area (Å²) in [5.41, 5.74) is 0.746. The second-order valence-corrected chi connectivity index (χ2v) is 7.92. The number of hydrogen-bond donors (Lipinski definition) is 1. The Balaban J connectivity index is 1.47. The largest absolute Gasteiger partial charge is 0.329 e. The second-order valence-electron chi connectivity index (χ2n) is 7.48. The van der Waals surface area contributed by atoms with E-state index < -0.39 is 23.8 Å². The number of anilines is 1. The summed E-state index contributed by atoms with van der Waals surface area (Å²) < 4.78 is 27.8. The normalized spacial score (nSPS) is 20.2. The van der Waals surface area contributed by atoms with E-state index in [1.807, 2.05) is 0 Å². The number of rotatable bonds is 7. The van der Waals surface area contributed by atoms with Crippen LogP contribution in [0.15, 0.2) is 30.6 Å². The van der Waals surface area contributed by atoms with E-state index >= 15 is 0 Å². The van der Waals surface area contributed by atoms with E-state index in [-0.39, 0.29) is 36.4 Å². The highest BCUT2D eigenvalue weighted by molar-refractivity contribution is 6.30. The van der Waals surface area contributed by atoms with E-state index in [2.05, 4.69) is 15.3 Å². The number of alkyl halides is 1. The van der Waals surface area contributed by atoms with Crippen LogP contribution in [0.5, 0.6) is 0 Å². The SMILES string of the molecule is O=C(CN(C[C@@H]1C[C@@H]1F)C(=O)c1ccc(C2CC2)c(F)c1)Nc1ncc(Cl)cn1. The minimum Gasteiger partial charge on any atom is -0.329 e. The number of nitrogens with zero attached hydrogens (tertiary/aromatic N) is 3. The Morgan fingerprint density at radius 1 is 1.24 bits per heavy atom. The Kier molecular flexibility index (Phi) is 5.45. The van der Waals surface area contributed by atoms with Crippen LogP contribution in [0.1, 0.15) is 41.1 Å². The van der Waals surface area contributed by atoms with Crippen LogP contribution >= 0.6 is 11.6 Å². The summed E-state index contributed by atoms with van der Waals surface area (Å²) in [5, 5.41) is 2.79. The first-order valence-electron chi connectivity index (χ1n) is 9.41. The summed E-state index contributed by atoms with van der Waals surface area (Å²) >= 11 is 5.71. The van der Waals surface area contributed by atoms with Crippen LogP contribution in [-0.4, -0.2) is 45.9 Å². The third-order valence-corrected chi connectivity index (χ3v) is 5.24. The zero-order valence-corrected chi connectivity index (χ0v) is 16.2. The maximum Gasteiger partial charge on any atom is 0.254 e. The second kappa shape index (κ2) is 8.02. The van der Waals surface area contributed by atoms with Gasteiger partial charge in [-0.3, -0.25) is 14.9 Å². The van der Waals surface area contributed by atoms with E-state index in [0.717, 1.165) is 12.8 Å². The molecule has 2 saturated carbocycles. The van der Waals surface area contributed by atoms with Crippen LogP contribution in [0, 0.1) is 11.7 Å². The third kappa shape index (κ3) is 4.87. The van der Waals surface area contributed by atoms with Crippen molar-refractivity contribution in [1.82, 2.24) is 14.9 Å². The summed E-state index contributed by atoms with van der Waals surface area (Å²) in [6, 6.07) is 4.38. The molecule has 0 unspecified atom stereocenters. The molecule has 2 fully saturated rings. The molecule has 1 heterocycles. The van der Waals surface area contributed by atoms with Gasteiger partial charge in [-0.1, -0.05) is 17.7 Å². The van der Waals surface area contributed by atoms with E-state index in [9.17, 15) is 18.4 Å². The lowest BCUT2D eigenvalue weighted by atomic mass is 10.1. The van der Waals surface area contributed by atoms with Gasteiger partial charge < -0.3 is 4.90 Å². The van der Waals surface area contributed by atoms with Crippen molar-refractivity contribution in [2.75, 3.05) is 18.4 Å². The lowest BCUT2D eigenvalue weighted by molar-refractivity contribution is -0.117. The van der Waals surface area contributed by atoms with Crippen molar-refractivity contribution in [2.45, 2.75) is 31.4 Å². The highest BCUT2D eigenvalue weighted by atomic mass is 35.5. The summed E-state index contributed by atoms with van der Waals surface area (Å²) in [6.07, 6.45) is 3.92. The molecular weight excluding hydrogens is 402 g/mol. The van der Waals surface area contributed by atoms with Crippen molar-refractivity contribution in [3.05, 3.63) is 52.6 Å². The van der Waals surface area contributed by atoms with E-state index in [1.165, 1.54) is 23.4 Å². The molecule has 4 rings (SSSR count). The van der Waals surface area contributed by atoms with Gasteiger partial charge in [0, 0.05) is 18.0 Å². The molecular formula is C20H19ClF2N4O2. The van der Waals surface area contributed by atoms with Crippen LogP contribution < -0.4 is 5.32 Å². The Bertz CT molecular complexity index is 937. The minimum atomic E-state index is -0.984. The number of carbonyl (C=O) groups is 2. The third-order valence-electron chi connectivity index (χ3n) is 5.05. The number of halogens is 3. The lowest BCUT2D eigenvalue weighted by Crippen LogP contribution is -2.39. The highest BCUT2D eigenvalue weighted by Gasteiger charge is 2.40. The van der Waals surface area contributed by atoms with Crippen molar-refractivity contribution in [3.63, 3.8) is 0 Å². The summed E-state index contributed by atoms with van der Waals surface area (Å²) in [7, 11) is 0. The standard InChI is InChI=1S/C20H19ClF2N4O2/c21-14-7-24-20(25-8-14)26-18(28)10-27(9-13-6-16(13)22)19(29)12-3-4-15(11-1-2-11)17(23)5-12/h3-5,7-8,11,13,16H,1-2,6,9-10H2,(H,24,25,26,28)/t13-,16-/m0/s1. The first kappa shape index (κ1) is 19.7. The fourth-order valence-corrected chi connectivity index (χ4v) is 3.28. The molecule has 2 amide bonds. The smallest absolute Gasteiger partial charge is 0.254 e. The molecule has 2 aromatic rings. The summed E-state index contributed by atoms with van der Waals surface area (Å²) in [4.78, 5) is 34.2. The lowest BCUT2D eigenvalue weighted by Gasteiger charge is -2.22. The number of carbonyl (C=O) groups excluding carboxylic acids is 2. The molecule has 0 spiro atoms. The van der Waals surface area contributed by atoms with E-state index in [0.29, 0.717) is 17.0 Å². The van der Waals surface area contributed by atoms with Crippen LogP contribution in [0.25, 0.3) is 0 Å². The van der Waals surface area contributed by atoms with Crippen LogP contribution in [0.3, 0.4) is 0 Å². The topological polar surface area (TPSA) is 75.2 Å². The molecule has 0 aliphatic heterocycles. The first-order chi connectivity index (χ1) is 13.9. The average molecular weight is 421 g/mol. The van der Waals surface area contributed by atoms with Gasteiger partial charge in [-0.25, -0.2) is 18.7 Å². The highest BCUT2D eigenvalue weighted by Crippen LogP contribution is 2.41. The van der Waals surface area contributed by atoms with Gasteiger partial charge in [-0.15, -0.1) is 0 Å². The van der Waals surface area contributed by atoms with Crippen LogP contribution in [0.4, 0.5) is 14.7 Å². The Hall–Kier alpha value is -2.61. The van der Waals surface area contributed by atoms with Gasteiger partial charge in [0.15, 0.2) is 0 Å². The number of hydrogen-bond acceptors (Lipinski definition) is 4. The van der Waals surface area contributed by atoms with Gasteiger partial charge >= 0.3 is 0 Å². The maximum atomic E-state index is 14.3. The first-order valence-corrected chi connectivity index (χ1v) is 9.78. The molecule has 2 atom stereocenters. The molecule has 2 aliphatic carbocycles. The summed E-state index contributed by atoms with van der Waals surface area (Å²) in [6.45, 7) is -0.235. The number of amides is 2. The molecule has 29 heavy (non-hydrogen) atoms. The monoisotopic (exact) mass is 420 g/mol. The molecule has 0 radical (unpaired) electrons. The maximum absolute atomic E-state index is 14.3. The predicted molar refractivity (Wildman–Crippen MR) is 103 cm³/mol. The van der Waals surface area contributed by atoms with Crippen molar-refractivity contribution in [1.29, 1.82) is 0 Å². The molecule has 152 valence electrons. The number of benzene rings is 1. The Morgan fingerprint density at radius 3 is 2.52 bits per heavy atom. The number of nitrogens with one attached hydrogen (secondary N) is 1. The van der Waals surface area contributed by atoms with Gasteiger partial charge in [-0.2, -0.15) is 0 Å². The molecule has 6 nitrogen and oxygen atoms in total. The molecule has 1 aromatic carbocycles. The van der Waals surface area contributed by atoms with Gasteiger partial charge in [0.25, 0.3) is 5.91 Å². The van der Waals surface area contributed by atoms with Crippen molar-refractivity contribution < 1.29 is 18.4 Å². The molecule has 0 bridgehead atoms. The Labute approximate surface area is 171 Å². The van der Waals surface area contributed by atoms with E-state index in [1.54, 1.807) is 12.1 Å². The molecule has 0 saturated heterocycles. The number of aromatic nitrogens is 2. The zero-order valence-electron chi connectivity index (χ0n) is 15.4. The van der Waals surface area contributed by atoms with Crippen molar-refractivity contribution in [3.8, 4) is 0 Å². The van der Waals surface area contributed by atoms with Crippen LogP contribution in [-0.2, 0) is 4.79 Å². The zero-order chi connectivity index (χ0) is 20.5. The van der Waals surface area contributed by atoms with Crippen LogP contribution in [0.2, 0.25) is 5.02 Å². The molecule has 2 aliphatic rings. The van der Waals surface area contributed by atoms with Gasteiger partial charge in [-0.05, 0) is 42.9 Å². The summed E-state index contributed by atoms with van der Waals surface area (Å²) in [5.74, 6) is -1.52. The van der Waals surface area contributed by atoms with Gasteiger partial charge in [0.05, 0.1) is 17.4 Å². The predicted octanol–water partition coefficient (Wildman–Crippen LogP) is 3.59. The Morgan fingerprint density at radius 2 is 1.93 bits per heavy atom.